The average molecular weight is 362 g/mol. The van der Waals surface area contributed by atoms with Crippen molar-refractivity contribution < 1.29 is 28.4 Å². The molecule has 3 fully saturated rings. The Morgan fingerprint density at radius 1 is 1.00 bits per heavy atom. The van der Waals surface area contributed by atoms with Gasteiger partial charge in [0.2, 0.25) is 0 Å². The summed E-state index contributed by atoms with van der Waals surface area (Å²) in [6.45, 7) is 5.84. The summed E-state index contributed by atoms with van der Waals surface area (Å²) >= 11 is 0. The lowest BCUT2D eigenvalue weighted by Gasteiger charge is -2.50. The Kier molecular flexibility index (Phi) is 5.99. The van der Waals surface area contributed by atoms with Crippen LogP contribution in [0.5, 0.6) is 0 Å². The van der Waals surface area contributed by atoms with Crippen LogP contribution in [-0.4, -0.2) is 57.1 Å². The van der Waals surface area contributed by atoms with Gasteiger partial charge in [0.1, 0.15) is 24.4 Å². The molecule has 0 radical (unpaired) electrons. The molecule has 0 spiro atoms. The lowest BCUT2D eigenvalue weighted by atomic mass is 9.96. The maximum atomic E-state index is 6.22. The summed E-state index contributed by atoms with van der Waals surface area (Å²) in [5.41, 5.74) is 0.988. The first-order chi connectivity index (χ1) is 12.9. The van der Waals surface area contributed by atoms with E-state index in [4.69, 9.17) is 28.4 Å². The van der Waals surface area contributed by atoms with E-state index >= 15 is 0 Å². The number of unbranched alkanes of at least 4 members (excludes halogenated alkanes) is 1. The molecule has 0 aliphatic carbocycles. The molecule has 0 aromatic heterocycles. The number of allylic oxidation sites excluding steroid dienone is 1. The van der Waals surface area contributed by atoms with Crippen molar-refractivity contribution in [2.45, 2.75) is 49.8 Å². The van der Waals surface area contributed by atoms with Gasteiger partial charge in [-0.15, -0.1) is 6.58 Å². The molecule has 6 nitrogen and oxygen atoms in total. The minimum atomic E-state index is -0.466. The van der Waals surface area contributed by atoms with Crippen LogP contribution < -0.4 is 0 Å². The predicted molar refractivity (Wildman–Crippen MR) is 93.5 cm³/mol. The molecule has 3 aliphatic rings. The highest BCUT2D eigenvalue weighted by molar-refractivity contribution is 5.16. The standard InChI is InChI=1S/C20H26O6/c1-2-3-7-10-23-20-18-17(21-11-12-22-18)16-15(25-20)13-24-19(26-16)14-8-5-4-6-9-14/h2,4-6,8-9,15-20H,1,3,7,10-13H2/t15-,16-,17+,18-,19-,20-/m1/s1. The van der Waals surface area contributed by atoms with E-state index in [-0.39, 0.29) is 24.4 Å². The van der Waals surface area contributed by atoms with Gasteiger partial charge in [-0.2, -0.15) is 0 Å². The zero-order valence-corrected chi connectivity index (χ0v) is 14.8. The number of rotatable bonds is 6. The smallest absolute Gasteiger partial charge is 0.186 e. The molecule has 6 heteroatoms. The van der Waals surface area contributed by atoms with Crippen molar-refractivity contribution in [3.63, 3.8) is 0 Å². The van der Waals surface area contributed by atoms with Crippen molar-refractivity contribution in [1.29, 1.82) is 0 Å². The van der Waals surface area contributed by atoms with Crippen molar-refractivity contribution >= 4 is 0 Å². The lowest BCUT2D eigenvalue weighted by molar-refractivity contribution is -0.381. The van der Waals surface area contributed by atoms with E-state index in [1.807, 2.05) is 36.4 Å². The molecule has 26 heavy (non-hydrogen) atoms. The number of fused-ring (bicyclic) bond motifs is 3. The van der Waals surface area contributed by atoms with Crippen LogP contribution in [0.3, 0.4) is 0 Å². The van der Waals surface area contributed by atoms with Gasteiger partial charge < -0.3 is 28.4 Å². The molecule has 0 unspecified atom stereocenters. The molecule has 142 valence electrons. The van der Waals surface area contributed by atoms with Crippen LogP contribution >= 0.6 is 0 Å². The second kappa shape index (κ2) is 8.61. The molecule has 1 aromatic rings. The molecule has 0 N–H and O–H groups in total. The first-order valence-electron chi connectivity index (χ1n) is 9.30. The van der Waals surface area contributed by atoms with E-state index in [1.54, 1.807) is 0 Å². The largest absolute Gasteiger partial charge is 0.370 e. The van der Waals surface area contributed by atoms with Crippen LogP contribution in [0.25, 0.3) is 0 Å². The number of hydrogen-bond donors (Lipinski definition) is 0. The first-order valence-corrected chi connectivity index (χ1v) is 9.30. The third-order valence-electron chi connectivity index (χ3n) is 4.89. The highest BCUT2D eigenvalue weighted by Gasteiger charge is 2.52. The SMILES string of the molecule is C=CCCCO[C@@H]1O[C@@H]2CO[C@@H](c3ccccc3)O[C@H]2[C@@H]2OCCO[C@@H]12. The Labute approximate surface area is 154 Å². The van der Waals surface area contributed by atoms with Crippen LogP contribution in [-0.2, 0) is 28.4 Å². The van der Waals surface area contributed by atoms with Crippen LogP contribution in [0, 0.1) is 0 Å². The van der Waals surface area contributed by atoms with Gasteiger partial charge in [-0.25, -0.2) is 0 Å². The van der Waals surface area contributed by atoms with Gasteiger partial charge in [0, 0.05) is 5.56 Å². The fourth-order valence-corrected chi connectivity index (χ4v) is 3.62. The second-order valence-corrected chi connectivity index (χ2v) is 6.69. The zero-order valence-electron chi connectivity index (χ0n) is 14.8. The van der Waals surface area contributed by atoms with Crippen molar-refractivity contribution in [3.8, 4) is 0 Å². The second-order valence-electron chi connectivity index (χ2n) is 6.69. The molecule has 0 amide bonds. The zero-order chi connectivity index (χ0) is 17.8. The maximum absolute atomic E-state index is 6.22. The van der Waals surface area contributed by atoms with Gasteiger partial charge >= 0.3 is 0 Å². The van der Waals surface area contributed by atoms with Crippen LogP contribution in [0.1, 0.15) is 24.7 Å². The summed E-state index contributed by atoms with van der Waals surface area (Å²) in [4.78, 5) is 0. The normalized spacial score (nSPS) is 36.8. The number of benzene rings is 1. The molecule has 0 saturated carbocycles. The highest BCUT2D eigenvalue weighted by Crippen LogP contribution is 2.37. The third-order valence-corrected chi connectivity index (χ3v) is 4.89. The molecule has 6 atom stereocenters. The Balaban J connectivity index is 1.44. The monoisotopic (exact) mass is 362 g/mol. The van der Waals surface area contributed by atoms with E-state index in [1.165, 1.54) is 0 Å². The Morgan fingerprint density at radius 2 is 1.81 bits per heavy atom. The maximum Gasteiger partial charge on any atom is 0.186 e. The van der Waals surface area contributed by atoms with E-state index < -0.39 is 12.6 Å². The summed E-state index contributed by atoms with van der Waals surface area (Å²) < 4.78 is 36.1. The lowest BCUT2D eigenvalue weighted by Crippen LogP contribution is -2.65. The fraction of sp³-hybridized carbons (Fsp3) is 0.600. The molecule has 3 heterocycles. The fourth-order valence-electron chi connectivity index (χ4n) is 3.62. The van der Waals surface area contributed by atoms with Crippen LogP contribution in [0.2, 0.25) is 0 Å². The summed E-state index contributed by atoms with van der Waals surface area (Å²) in [7, 11) is 0. The van der Waals surface area contributed by atoms with Crippen LogP contribution in [0.15, 0.2) is 43.0 Å². The van der Waals surface area contributed by atoms with Gasteiger partial charge in [-0.3, -0.25) is 0 Å². The summed E-state index contributed by atoms with van der Waals surface area (Å²) in [6.07, 6.45) is 1.83. The van der Waals surface area contributed by atoms with E-state index in [0.29, 0.717) is 26.4 Å². The molecule has 0 bridgehead atoms. The van der Waals surface area contributed by atoms with Gasteiger partial charge in [0.15, 0.2) is 12.6 Å². The highest BCUT2D eigenvalue weighted by atomic mass is 16.8. The van der Waals surface area contributed by atoms with E-state index in [9.17, 15) is 0 Å². The van der Waals surface area contributed by atoms with Crippen molar-refractivity contribution in [3.05, 3.63) is 48.6 Å². The van der Waals surface area contributed by atoms with Crippen LogP contribution in [0.4, 0.5) is 0 Å². The van der Waals surface area contributed by atoms with Gasteiger partial charge in [-0.1, -0.05) is 36.4 Å². The summed E-state index contributed by atoms with van der Waals surface area (Å²) in [6, 6.07) is 9.91. The number of hydrogen-bond acceptors (Lipinski definition) is 6. The van der Waals surface area contributed by atoms with Gasteiger partial charge in [0.05, 0.1) is 26.4 Å². The van der Waals surface area contributed by atoms with Crippen molar-refractivity contribution in [2.75, 3.05) is 26.4 Å². The molecular weight excluding hydrogens is 336 g/mol. The molecule has 3 saturated heterocycles. The Hall–Kier alpha value is -1.28. The van der Waals surface area contributed by atoms with Crippen molar-refractivity contribution in [2.24, 2.45) is 0 Å². The number of ether oxygens (including phenoxy) is 6. The summed E-state index contributed by atoms with van der Waals surface area (Å²) in [5.74, 6) is 0. The molecule has 1 aromatic carbocycles. The van der Waals surface area contributed by atoms with Gasteiger partial charge in [0.25, 0.3) is 0 Å². The van der Waals surface area contributed by atoms with E-state index in [0.717, 1.165) is 18.4 Å². The molecular formula is C20H26O6. The van der Waals surface area contributed by atoms with Gasteiger partial charge in [-0.05, 0) is 12.8 Å². The topological polar surface area (TPSA) is 55.4 Å². The minimum Gasteiger partial charge on any atom is -0.370 e. The Bertz CT molecular complexity index is 579. The average Bonchev–Trinajstić information content (AvgIpc) is 2.71. The quantitative estimate of drug-likeness (QED) is 0.573. The first kappa shape index (κ1) is 18.1. The van der Waals surface area contributed by atoms with E-state index in [2.05, 4.69) is 6.58 Å². The molecule has 3 aliphatic heterocycles. The summed E-state index contributed by atoms with van der Waals surface area (Å²) in [5, 5.41) is 0. The Morgan fingerprint density at radius 3 is 2.62 bits per heavy atom. The third kappa shape index (κ3) is 3.86. The minimum absolute atomic E-state index is 0.220. The van der Waals surface area contributed by atoms with Crippen molar-refractivity contribution in [1.82, 2.24) is 0 Å². The molecule has 4 rings (SSSR count). The predicted octanol–water partition coefficient (Wildman–Crippen LogP) is 2.59.